The second-order valence-electron chi connectivity index (χ2n) is 8.45. The van der Waals surface area contributed by atoms with Crippen LogP contribution in [0.3, 0.4) is 0 Å². The molecular weight excluding hydrogens is 382 g/mol. The van der Waals surface area contributed by atoms with Gasteiger partial charge >= 0.3 is 5.97 Å². The number of anilines is 1. The molecule has 5 rings (SSSR count). The molecule has 1 aromatic carbocycles. The first-order chi connectivity index (χ1) is 14.4. The first-order valence-electron chi connectivity index (χ1n) is 10.3. The summed E-state index contributed by atoms with van der Waals surface area (Å²) in [5, 5.41) is 13.2. The van der Waals surface area contributed by atoms with E-state index >= 15 is 0 Å². The summed E-state index contributed by atoms with van der Waals surface area (Å²) < 4.78 is 1.86. The Morgan fingerprint density at radius 2 is 2.00 bits per heavy atom. The predicted molar refractivity (Wildman–Crippen MR) is 112 cm³/mol. The van der Waals surface area contributed by atoms with E-state index in [9.17, 15) is 14.7 Å². The third kappa shape index (κ3) is 2.70. The van der Waals surface area contributed by atoms with Crippen molar-refractivity contribution in [3.05, 3.63) is 57.5 Å². The molecule has 1 aliphatic heterocycles. The highest BCUT2D eigenvalue weighted by Crippen LogP contribution is 2.49. The number of benzene rings is 1. The highest BCUT2D eigenvalue weighted by molar-refractivity contribution is 5.91. The van der Waals surface area contributed by atoms with Gasteiger partial charge in [0.1, 0.15) is 5.82 Å². The average Bonchev–Trinajstić information content (AvgIpc) is 3.09. The van der Waals surface area contributed by atoms with Crippen LogP contribution in [0.25, 0.3) is 10.9 Å². The van der Waals surface area contributed by atoms with Crippen molar-refractivity contribution in [2.45, 2.75) is 57.5 Å². The lowest BCUT2D eigenvalue weighted by molar-refractivity contribution is 0.0691. The van der Waals surface area contributed by atoms with E-state index in [2.05, 4.69) is 15.3 Å². The summed E-state index contributed by atoms with van der Waals surface area (Å²) in [6, 6.07) is 3.59. The molecule has 2 aromatic heterocycles. The zero-order valence-corrected chi connectivity index (χ0v) is 17.0. The number of nitrogens with one attached hydrogen (secondary N) is 1. The lowest BCUT2D eigenvalue weighted by Gasteiger charge is -2.37. The standard InChI is InChI=1S/C22H23N5O3/c1-12-10-14(13(2)25-18-17(20(29)30)23-7-8-24-18)16-15(11-12)19(28)27-9-6-22(4-3-5-22)21(27)26-16/h7-8,10-11,13H,3-6,9H2,1-2H3,(H,24,25)(H,29,30)/t13-/m1/s1. The van der Waals surface area contributed by atoms with Gasteiger partial charge in [-0.15, -0.1) is 0 Å². The number of nitrogens with zero attached hydrogens (tertiary/aromatic N) is 4. The summed E-state index contributed by atoms with van der Waals surface area (Å²) in [6.45, 7) is 4.60. The van der Waals surface area contributed by atoms with Gasteiger partial charge in [0.2, 0.25) is 0 Å². The summed E-state index contributed by atoms with van der Waals surface area (Å²) in [5.41, 5.74) is 2.43. The Bertz CT molecular complexity index is 1250. The van der Waals surface area contributed by atoms with Crippen LogP contribution in [0.4, 0.5) is 5.82 Å². The van der Waals surface area contributed by atoms with Crippen LogP contribution in [0, 0.1) is 6.92 Å². The fourth-order valence-corrected chi connectivity index (χ4v) is 4.84. The van der Waals surface area contributed by atoms with E-state index in [1.807, 2.05) is 30.5 Å². The third-order valence-corrected chi connectivity index (χ3v) is 6.55. The Morgan fingerprint density at radius 3 is 2.70 bits per heavy atom. The molecule has 1 spiro atoms. The highest BCUT2D eigenvalue weighted by atomic mass is 16.4. The molecule has 1 saturated carbocycles. The minimum atomic E-state index is -1.15. The summed E-state index contributed by atoms with van der Waals surface area (Å²) >= 11 is 0. The van der Waals surface area contributed by atoms with Gasteiger partial charge in [-0.2, -0.15) is 0 Å². The topological polar surface area (TPSA) is 110 Å². The number of carboxylic acids is 1. The molecule has 154 valence electrons. The van der Waals surface area contributed by atoms with E-state index in [0.29, 0.717) is 10.9 Å². The van der Waals surface area contributed by atoms with Gasteiger partial charge in [-0.05, 0) is 44.7 Å². The molecule has 8 heteroatoms. The Morgan fingerprint density at radius 1 is 1.23 bits per heavy atom. The smallest absolute Gasteiger partial charge is 0.358 e. The van der Waals surface area contributed by atoms with Gasteiger partial charge in [-0.25, -0.2) is 19.7 Å². The largest absolute Gasteiger partial charge is 0.476 e. The van der Waals surface area contributed by atoms with Crippen molar-refractivity contribution in [3.8, 4) is 0 Å². The van der Waals surface area contributed by atoms with Gasteiger partial charge in [0.05, 0.1) is 16.9 Å². The first-order valence-corrected chi connectivity index (χ1v) is 10.3. The van der Waals surface area contributed by atoms with Gasteiger partial charge in [0.15, 0.2) is 11.5 Å². The van der Waals surface area contributed by atoms with Gasteiger partial charge in [0, 0.05) is 29.9 Å². The number of rotatable bonds is 4. The van der Waals surface area contributed by atoms with Crippen LogP contribution >= 0.6 is 0 Å². The first kappa shape index (κ1) is 18.7. The average molecular weight is 405 g/mol. The number of aromatic carboxylic acids is 1. The van der Waals surface area contributed by atoms with Gasteiger partial charge in [0.25, 0.3) is 5.56 Å². The van der Waals surface area contributed by atoms with E-state index in [0.717, 1.165) is 42.8 Å². The van der Waals surface area contributed by atoms with Crippen LogP contribution in [0.1, 0.15) is 66.1 Å². The highest BCUT2D eigenvalue weighted by Gasteiger charge is 2.46. The van der Waals surface area contributed by atoms with Gasteiger partial charge < -0.3 is 10.4 Å². The van der Waals surface area contributed by atoms with Crippen molar-refractivity contribution in [1.82, 2.24) is 19.5 Å². The second-order valence-corrected chi connectivity index (χ2v) is 8.45. The summed E-state index contributed by atoms with van der Waals surface area (Å²) in [6.07, 6.45) is 7.13. The Labute approximate surface area is 173 Å². The number of hydrogen-bond donors (Lipinski definition) is 2. The van der Waals surface area contributed by atoms with Crippen LogP contribution in [0.2, 0.25) is 0 Å². The normalized spacial score (nSPS) is 17.5. The SMILES string of the molecule is Cc1cc([C@@H](C)Nc2nccnc2C(=O)O)c2nc3n(c(=O)c2c1)CCC31CCC1. The van der Waals surface area contributed by atoms with E-state index in [1.54, 1.807) is 0 Å². The van der Waals surface area contributed by atoms with E-state index in [4.69, 9.17) is 4.98 Å². The number of aromatic nitrogens is 4. The molecule has 3 heterocycles. The van der Waals surface area contributed by atoms with Crippen LogP contribution in [-0.4, -0.2) is 30.6 Å². The lowest BCUT2D eigenvalue weighted by Crippen LogP contribution is -2.34. The maximum atomic E-state index is 13.3. The molecule has 1 atom stereocenters. The quantitative estimate of drug-likeness (QED) is 0.686. The maximum Gasteiger partial charge on any atom is 0.358 e. The van der Waals surface area contributed by atoms with Crippen molar-refractivity contribution in [1.29, 1.82) is 0 Å². The van der Waals surface area contributed by atoms with E-state index < -0.39 is 5.97 Å². The molecule has 1 fully saturated rings. The van der Waals surface area contributed by atoms with Gasteiger partial charge in [-0.1, -0.05) is 12.5 Å². The lowest BCUT2D eigenvalue weighted by atomic mass is 9.67. The molecule has 8 nitrogen and oxygen atoms in total. The Balaban J connectivity index is 1.65. The van der Waals surface area contributed by atoms with Crippen molar-refractivity contribution >= 4 is 22.7 Å². The predicted octanol–water partition coefficient (Wildman–Crippen LogP) is 3.19. The number of carboxylic acid groups (broad SMARTS) is 1. The Kier molecular flexibility index (Phi) is 4.13. The molecule has 0 saturated heterocycles. The molecule has 0 amide bonds. The van der Waals surface area contributed by atoms with Crippen molar-refractivity contribution < 1.29 is 9.90 Å². The summed E-state index contributed by atoms with van der Waals surface area (Å²) in [5.74, 6) is -0.0391. The fraction of sp³-hybridized carbons (Fsp3) is 0.409. The molecule has 2 N–H and O–H groups in total. The maximum absolute atomic E-state index is 13.3. The molecular formula is C22H23N5O3. The third-order valence-electron chi connectivity index (χ3n) is 6.55. The van der Waals surface area contributed by atoms with Crippen molar-refractivity contribution in [2.24, 2.45) is 0 Å². The van der Waals surface area contributed by atoms with E-state index in [1.165, 1.54) is 18.8 Å². The summed E-state index contributed by atoms with van der Waals surface area (Å²) in [4.78, 5) is 37.9. The number of aryl methyl sites for hydroxylation is 1. The van der Waals surface area contributed by atoms with Crippen LogP contribution in [0.5, 0.6) is 0 Å². The monoisotopic (exact) mass is 405 g/mol. The van der Waals surface area contributed by atoms with Crippen LogP contribution < -0.4 is 10.9 Å². The van der Waals surface area contributed by atoms with E-state index in [-0.39, 0.29) is 28.5 Å². The molecule has 30 heavy (non-hydrogen) atoms. The van der Waals surface area contributed by atoms with Crippen molar-refractivity contribution in [2.75, 3.05) is 5.32 Å². The molecule has 2 aliphatic rings. The molecule has 0 unspecified atom stereocenters. The molecule has 1 aliphatic carbocycles. The molecule has 0 radical (unpaired) electrons. The van der Waals surface area contributed by atoms with Crippen LogP contribution in [0.15, 0.2) is 29.3 Å². The number of carbonyl (C=O) groups is 1. The minimum Gasteiger partial charge on any atom is -0.476 e. The zero-order valence-electron chi connectivity index (χ0n) is 17.0. The Hall–Kier alpha value is -3.29. The minimum absolute atomic E-state index is 0.0154. The van der Waals surface area contributed by atoms with Gasteiger partial charge in [-0.3, -0.25) is 9.36 Å². The second kappa shape index (κ2) is 6.62. The molecule has 0 bridgehead atoms. The number of hydrogen-bond acceptors (Lipinski definition) is 6. The summed E-state index contributed by atoms with van der Waals surface area (Å²) in [7, 11) is 0. The molecule has 3 aromatic rings. The van der Waals surface area contributed by atoms with Crippen LogP contribution in [-0.2, 0) is 12.0 Å². The fourth-order valence-electron chi connectivity index (χ4n) is 4.84. The number of fused-ring (bicyclic) bond motifs is 3. The zero-order chi connectivity index (χ0) is 21.0. The van der Waals surface area contributed by atoms with Crippen molar-refractivity contribution in [3.63, 3.8) is 0 Å².